The highest BCUT2D eigenvalue weighted by Crippen LogP contribution is 2.20. The average Bonchev–Trinajstić information content (AvgIpc) is 2.36. The Bertz CT molecular complexity index is 275. The van der Waals surface area contributed by atoms with Gasteiger partial charge in [-0.3, -0.25) is 4.79 Å². The normalized spacial score (nSPS) is 22.2. The van der Waals surface area contributed by atoms with Crippen LogP contribution in [-0.4, -0.2) is 5.78 Å². The third kappa shape index (κ3) is 6.78. The van der Waals surface area contributed by atoms with Gasteiger partial charge in [0.2, 0.25) is 0 Å². The van der Waals surface area contributed by atoms with Crippen molar-refractivity contribution in [1.29, 1.82) is 0 Å². The topological polar surface area (TPSA) is 17.1 Å². The van der Waals surface area contributed by atoms with Gasteiger partial charge in [0.1, 0.15) is 5.78 Å². The van der Waals surface area contributed by atoms with Gasteiger partial charge in [0, 0.05) is 12.3 Å². The number of hydrogen-bond acceptors (Lipinski definition) is 1. The number of Topliss-reactive ketones (excluding diaryl/α,β-unsaturated/α-hetero) is 1. The molecule has 0 saturated carbocycles. The molecule has 0 aromatic heterocycles. The molecule has 0 spiro atoms. The van der Waals surface area contributed by atoms with Gasteiger partial charge in [0.05, 0.1) is 0 Å². The predicted octanol–water partition coefficient (Wildman–Crippen LogP) is 5.22. The molecule has 0 N–H and O–H groups in total. The monoisotopic (exact) mass is 248 g/mol. The second kappa shape index (κ2) is 10.1. The van der Waals surface area contributed by atoms with Crippen molar-refractivity contribution in [2.24, 2.45) is 5.92 Å². The molecule has 0 aliphatic heterocycles. The second-order valence-electron chi connectivity index (χ2n) is 5.30. The first-order valence-electron chi connectivity index (χ1n) is 7.67. The van der Waals surface area contributed by atoms with Crippen LogP contribution in [0, 0.1) is 5.92 Å². The first kappa shape index (κ1) is 15.2. The van der Waals surface area contributed by atoms with E-state index < -0.39 is 0 Å². The average molecular weight is 248 g/mol. The molecule has 0 fully saturated rings. The van der Waals surface area contributed by atoms with Crippen LogP contribution in [0.25, 0.3) is 0 Å². The summed E-state index contributed by atoms with van der Waals surface area (Å²) in [7, 11) is 0. The second-order valence-corrected chi connectivity index (χ2v) is 5.30. The largest absolute Gasteiger partial charge is 0.299 e. The van der Waals surface area contributed by atoms with Crippen molar-refractivity contribution in [2.45, 2.75) is 71.1 Å². The number of unbranched alkanes of at least 4 members (excludes halogenated alkanes) is 1. The van der Waals surface area contributed by atoms with Crippen LogP contribution in [0.5, 0.6) is 0 Å². The first-order valence-corrected chi connectivity index (χ1v) is 7.67. The van der Waals surface area contributed by atoms with Gasteiger partial charge in [-0.2, -0.15) is 0 Å². The molecule has 1 unspecified atom stereocenters. The summed E-state index contributed by atoms with van der Waals surface area (Å²) < 4.78 is 0. The molecule has 0 aromatic rings. The first-order chi connectivity index (χ1) is 8.84. The fourth-order valence-corrected chi connectivity index (χ4v) is 2.46. The van der Waals surface area contributed by atoms with Crippen LogP contribution in [0.4, 0.5) is 0 Å². The fourth-order valence-electron chi connectivity index (χ4n) is 2.46. The quantitative estimate of drug-likeness (QED) is 0.623. The Balaban J connectivity index is 2.44. The van der Waals surface area contributed by atoms with Crippen molar-refractivity contribution in [3.63, 3.8) is 0 Å². The molecular formula is C17H28O. The summed E-state index contributed by atoms with van der Waals surface area (Å²) in [5.41, 5.74) is 0. The molecule has 1 heteroatoms. The lowest BCUT2D eigenvalue weighted by Gasteiger charge is -2.14. The Morgan fingerprint density at radius 3 is 2.39 bits per heavy atom. The van der Waals surface area contributed by atoms with Crippen molar-refractivity contribution in [2.75, 3.05) is 0 Å². The highest BCUT2D eigenvalue weighted by Gasteiger charge is 2.16. The molecule has 0 heterocycles. The Hall–Kier alpha value is -0.850. The van der Waals surface area contributed by atoms with Crippen LogP contribution in [-0.2, 0) is 4.79 Å². The molecular weight excluding hydrogens is 220 g/mol. The zero-order valence-corrected chi connectivity index (χ0v) is 11.9. The summed E-state index contributed by atoms with van der Waals surface area (Å²) in [6, 6.07) is 0. The maximum Gasteiger partial charge on any atom is 0.135 e. The van der Waals surface area contributed by atoms with E-state index in [0.29, 0.717) is 11.7 Å². The fraction of sp³-hybridized carbons (Fsp3) is 0.706. The molecule has 1 rings (SSSR count). The third-order valence-electron chi connectivity index (χ3n) is 3.67. The van der Waals surface area contributed by atoms with E-state index in [1.807, 2.05) is 0 Å². The minimum atomic E-state index is 0.314. The highest BCUT2D eigenvalue weighted by atomic mass is 16.1. The molecule has 0 saturated heterocycles. The lowest BCUT2D eigenvalue weighted by molar-refractivity contribution is -0.123. The van der Waals surface area contributed by atoms with Crippen LogP contribution < -0.4 is 0 Å². The lowest BCUT2D eigenvalue weighted by Crippen LogP contribution is -2.14. The maximum atomic E-state index is 12.1. The summed E-state index contributed by atoms with van der Waals surface area (Å²) in [6.07, 6.45) is 19.9. The Morgan fingerprint density at radius 1 is 1.00 bits per heavy atom. The van der Waals surface area contributed by atoms with Crippen molar-refractivity contribution in [3.8, 4) is 0 Å². The van der Waals surface area contributed by atoms with Crippen LogP contribution in [0.2, 0.25) is 0 Å². The minimum absolute atomic E-state index is 0.314. The minimum Gasteiger partial charge on any atom is -0.299 e. The Kier molecular flexibility index (Phi) is 8.54. The number of allylic oxidation sites excluding steroid dienone is 4. The van der Waals surface area contributed by atoms with Crippen LogP contribution in [0.3, 0.4) is 0 Å². The van der Waals surface area contributed by atoms with E-state index in [1.54, 1.807) is 0 Å². The van der Waals surface area contributed by atoms with Gasteiger partial charge in [-0.25, -0.2) is 0 Å². The smallest absolute Gasteiger partial charge is 0.135 e. The van der Waals surface area contributed by atoms with Crippen molar-refractivity contribution < 1.29 is 4.79 Å². The molecule has 18 heavy (non-hydrogen) atoms. The van der Waals surface area contributed by atoms with Crippen LogP contribution in [0.15, 0.2) is 24.3 Å². The Labute approximate surface area is 112 Å². The maximum absolute atomic E-state index is 12.1. The van der Waals surface area contributed by atoms with Gasteiger partial charge < -0.3 is 0 Å². The van der Waals surface area contributed by atoms with E-state index in [-0.39, 0.29) is 0 Å². The number of hydrogen-bond donors (Lipinski definition) is 0. The van der Waals surface area contributed by atoms with Gasteiger partial charge in [-0.15, -0.1) is 0 Å². The Morgan fingerprint density at radius 2 is 1.67 bits per heavy atom. The SMILES string of the molecule is CCCCC(=O)C1CCC=CCCC=CCCC1. The summed E-state index contributed by atoms with van der Waals surface area (Å²) in [4.78, 5) is 12.1. The molecule has 1 nitrogen and oxygen atoms in total. The van der Waals surface area contributed by atoms with Crippen molar-refractivity contribution in [3.05, 3.63) is 24.3 Å². The molecule has 0 bridgehead atoms. The molecule has 0 amide bonds. The standard InChI is InChI=1S/C17H28O/c1-2-3-15-17(18)16-13-11-9-7-5-4-6-8-10-12-14-16/h5,7-8,10,16H,2-4,6,9,11-15H2,1H3. The molecule has 0 radical (unpaired) electrons. The summed E-state index contributed by atoms with van der Waals surface area (Å²) in [5.74, 6) is 0.820. The molecule has 1 aliphatic rings. The summed E-state index contributed by atoms with van der Waals surface area (Å²) in [6.45, 7) is 2.15. The van der Waals surface area contributed by atoms with Gasteiger partial charge in [0.25, 0.3) is 0 Å². The zero-order chi connectivity index (χ0) is 13.1. The molecule has 102 valence electrons. The van der Waals surface area contributed by atoms with E-state index in [4.69, 9.17) is 0 Å². The van der Waals surface area contributed by atoms with Gasteiger partial charge in [0.15, 0.2) is 0 Å². The number of carbonyl (C=O) groups is 1. The number of rotatable bonds is 4. The van der Waals surface area contributed by atoms with E-state index in [9.17, 15) is 4.79 Å². The van der Waals surface area contributed by atoms with Crippen molar-refractivity contribution in [1.82, 2.24) is 0 Å². The molecule has 1 atom stereocenters. The van der Waals surface area contributed by atoms with E-state index >= 15 is 0 Å². The zero-order valence-electron chi connectivity index (χ0n) is 11.9. The third-order valence-corrected chi connectivity index (χ3v) is 3.67. The van der Waals surface area contributed by atoms with E-state index in [0.717, 1.165) is 57.8 Å². The van der Waals surface area contributed by atoms with Crippen molar-refractivity contribution >= 4 is 5.78 Å². The summed E-state index contributed by atoms with van der Waals surface area (Å²) >= 11 is 0. The highest BCUT2D eigenvalue weighted by molar-refractivity contribution is 5.80. The van der Waals surface area contributed by atoms with E-state index in [2.05, 4.69) is 31.2 Å². The van der Waals surface area contributed by atoms with Crippen LogP contribution in [0.1, 0.15) is 71.1 Å². The lowest BCUT2D eigenvalue weighted by atomic mass is 9.89. The molecule has 1 aliphatic carbocycles. The molecule has 0 aromatic carbocycles. The summed E-state index contributed by atoms with van der Waals surface area (Å²) in [5, 5.41) is 0. The number of ketones is 1. The van der Waals surface area contributed by atoms with E-state index in [1.165, 1.54) is 6.42 Å². The van der Waals surface area contributed by atoms with Gasteiger partial charge in [-0.05, 0) is 51.4 Å². The van der Waals surface area contributed by atoms with Crippen LogP contribution >= 0.6 is 0 Å². The predicted molar refractivity (Wildman–Crippen MR) is 78.6 cm³/mol. The number of carbonyl (C=O) groups excluding carboxylic acids is 1. The van der Waals surface area contributed by atoms with Gasteiger partial charge in [-0.1, -0.05) is 37.6 Å². The van der Waals surface area contributed by atoms with Gasteiger partial charge >= 0.3 is 0 Å².